The summed E-state index contributed by atoms with van der Waals surface area (Å²) < 4.78 is 41.1. The number of rotatable bonds is 1. The second-order valence-electron chi connectivity index (χ2n) is 2.96. The van der Waals surface area contributed by atoms with Crippen LogP contribution in [-0.4, -0.2) is 49.3 Å². The fraction of sp³-hybridized carbons (Fsp3) is 0.857. The van der Waals surface area contributed by atoms with Gasteiger partial charge in [-0.05, 0) is 0 Å². The van der Waals surface area contributed by atoms with Crippen LogP contribution in [0.2, 0.25) is 0 Å². The molecule has 0 aromatic rings. The lowest BCUT2D eigenvalue weighted by Gasteiger charge is -2.29. The van der Waals surface area contributed by atoms with Gasteiger partial charge in [0.2, 0.25) is 5.91 Å². The molecule has 4 nitrogen and oxygen atoms in total. The summed E-state index contributed by atoms with van der Waals surface area (Å²) in [6, 6.07) is -2.42. The summed E-state index contributed by atoms with van der Waals surface area (Å²) in [5.41, 5.74) is 4.77. The van der Waals surface area contributed by atoms with Crippen molar-refractivity contribution in [2.45, 2.75) is 12.2 Å². The zero-order chi connectivity index (χ0) is 10.8. The standard InChI is InChI=1S/C7H11F3N2O2/c8-7(9,10)5(11)6(13)12-1-3-14-4-2-12/h5H,1-4,11H2. The van der Waals surface area contributed by atoms with Crippen molar-refractivity contribution in [2.75, 3.05) is 26.3 Å². The van der Waals surface area contributed by atoms with Crippen LogP contribution in [0.1, 0.15) is 0 Å². The molecule has 2 N–H and O–H groups in total. The van der Waals surface area contributed by atoms with Crippen molar-refractivity contribution in [1.82, 2.24) is 4.90 Å². The molecule has 0 radical (unpaired) electrons. The van der Waals surface area contributed by atoms with E-state index in [-0.39, 0.29) is 26.3 Å². The minimum atomic E-state index is -4.67. The van der Waals surface area contributed by atoms with Crippen LogP contribution in [0.5, 0.6) is 0 Å². The Kier molecular flexibility index (Phi) is 3.33. The predicted octanol–water partition coefficient (Wildman–Crippen LogP) is -0.265. The van der Waals surface area contributed by atoms with Crippen LogP contribution in [0.4, 0.5) is 13.2 Å². The van der Waals surface area contributed by atoms with E-state index in [9.17, 15) is 18.0 Å². The molecule has 1 amide bonds. The lowest BCUT2D eigenvalue weighted by atomic mass is 10.2. The van der Waals surface area contributed by atoms with Crippen molar-refractivity contribution in [3.05, 3.63) is 0 Å². The largest absolute Gasteiger partial charge is 0.412 e. The van der Waals surface area contributed by atoms with E-state index in [1.165, 1.54) is 0 Å². The maximum Gasteiger partial charge on any atom is 0.412 e. The van der Waals surface area contributed by atoms with E-state index in [0.717, 1.165) is 4.90 Å². The van der Waals surface area contributed by atoms with Crippen LogP contribution in [-0.2, 0) is 9.53 Å². The summed E-state index contributed by atoms with van der Waals surface area (Å²) in [6.45, 7) is 0.859. The monoisotopic (exact) mass is 212 g/mol. The van der Waals surface area contributed by atoms with Crippen molar-refractivity contribution in [3.8, 4) is 0 Å². The molecule has 1 heterocycles. The van der Waals surface area contributed by atoms with E-state index < -0.39 is 18.1 Å². The third-order valence-corrected chi connectivity index (χ3v) is 1.94. The molecular weight excluding hydrogens is 201 g/mol. The number of morpholine rings is 1. The van der Waals surface area contributed by atoms with E-state index in [2.05, 4.69) is 0 Å². The van der Waals surface area contributed by atoms with Gasteiger partial charge in [0.05, 0.1) is 13.2 Å². The smallest absolute Gasteiger partial charge is 0.378 e. The Morgan fingerprint density at radius 2 is 1.86 bits per heavy atom. The average Bonchev–Trinajstić information content (AvgIpc) is 2.15. The lowest BCUT2D eigenvalue weighted by molar-refractivity contribution is -0.172. The van der Waals surface area contributed by atoms with Crippen LogP contribution in [0.25, 0.3) is 0 Å². The molecule has 1 fully saturated rings. The number of nitrogens with zero attached hydrogens (tertiary/aromatic N) is 1. The van der Waals surface area contributed by atoms with Gasteiger partial charge in [0.15, 0.2) is 6.04 Å². The Balaban J connectivity index is 2.55. The van der Waals surface area contributed by atoms with Gasteiger partial charge in [-0.25, -0.2) is 0 Å². The molecule has 0 aromatic heterocycles. The number of amides is 1. The van der Waals surface area contributed by atoms with Gasteiger partial charge in [-0.2, -0.15) is 13.2 Å². The van der Waals surface area contributed by atoms with Gasteiger partial charge in [-0.1, -0.05) is 0 Å². The number of hydrogen-bond donors (Lipinski definition) is 1. The third kappa shape index (κ3) is 2.58. The van der Waals surface area contributed by atoms with Crippen LogP contribution in [0.15, 0.2) is 0 Å². The van der Waals surface area contributed by atoms with E-state index in [1.54, 1.807) is 0 Å². The molecule has 14 heavy (non-hydrogen) atoms. The number of carbonyl (C=O) groups is 1. The summed E-state index contributed by atoms with van der Waals surface area (Å²) >= 11 is 0. The Labute approximate surface area is 78.8 Å². The number of halogens is 3. The summed E-state index contributed by atoms with van der Waals surface area (Å²) in [7, 11) is 0. The Bertz CT molecular complexity index is 213. The number of hydrogen-bond acceptors (Lipinski definition) is 3. The molecule has 1 unspecified atom stereocenters. The summed E-state index contributed by atoms with van der Waals surface area (Å²) in [5.74, 6) is -1.08. The van der Waals surface area contributed by atoms with Gasteiger partial charge in [0, 0.05) is 13.1 Å². The van der Waals surface area contributed by atoms with Crippen molar-refractivity contribution < 1.29 is 22.7 Å². The first kappa shape index (κ1) is 11.3. The summed E-state index contributed by atoms with van der Waals surface area (Å²) in [4.78, 5) is 12.2. The highest BCUT2D eigenvalue weighted by atomic mass is 19.4. The Morgan fingerprint density at radius 3 is 2.29 bits per heavy atom. The number of carbonyl (C=O) groups excluding carboxylic acids is 1. The number of nitrogens with two attached hydrogens (primary N) is 1. The topological polar surface area (TPSA) is 55.6 Å². The van der Waals surface area contributed by atoms with Crippen molar-refractivity contribution in [3.63, 3.8) is 0 Å². The highest BCUT2D eigenvalue weighted by molar-refractivity contribution is 5.82. The Hall–Kier alpha value is -0.820. The molecule has 0 bridgehead atoms. The second-order valence-corrected chi connectivity index (χ2v) is 2.96. The highest BCUT2D eigenvalue weighted by Gasteiger charge is 2.43. The molecule has 1 aliphatic rings. The molecule has 1 saturated heterocycles. The minimum Gasteiger partial charge on any atom is -0.378 e. The first-order valence-corrected chi connectivity index (χ1v) is 4.12. The van der Waals surface area contributed by atoms with Crippen LogP contribution in [0.3, 0.4) is 0 Å². The lowest BCUT2D eigenvalue weighted by Crippen LogP contribution is -2.54. The van der Waals surface area contributed by atoms with Gasteiger partial charge in [-0.3, -0.25) is 4.79 Å². The predicted molar refractivity (Wildman–Crippen MR) is 41.4 cm³/mol. The summed E-state index contributed by atoms with van der Waals surface area (Å²) in [5, 5.41) is 0. The molecule has 0 aliphatic carbocycles. The maximum atomic E-state index is 12.1. The van der Waals surface area contributed by atoms with Gasteiger partial charge in [-0.15, -0.1) is 0 Å². The Morgan fingerprint density at radius 1 is 1.36 bits per heavy atom. The van der Waals surface area contributed by atoms with Crippen LogP contribution < -0.4 is 5.73 Å². The SMILES string of the molecule is NC(C(=O)N1CCOCC1)C(F)(F)F. The number of ether oxygens (including phenoxy) is 1. The zero-order valence-electron chi connectivity index (χ0n) is 7.38. The maximum absolute atomic E-state index is 12.1. The van der Waals surface area contributed by atoms with Crippen molar-refractivity contribution >= 4 is 5.91 Å². The molecule has 0 aromatic carbocycles. The normalized spacial score (nSPS) is 20.7. The van der Waals surface area contributed by atoms with Gasteiger partial charge < -0.3 is 15.4 Å². The van der Waals surface area contributed by atoms with Crippen molar-refractivity contribution in [2.24, 2.45) is 5.73 Å². The summed E-state index contributed by atoms with van der Waals surface area (Å²) in [6.07, 6.45) is -4.67. The first-order valence-electron chi connectivity index (χ1n) is 4.12. The first-order chi connectivity index (χ1) is 6.43. The molecule has 0 saturated carbocycles. The molecule has 7 heteroatoms. The van der Waals surface area contributed by atoms with Crippen molar-refractivity contribution in [1.29, 1.82) is 0 Å². The quantitative estimate of drug-likeness (QED) is 0.651. The fourth-order valence-corrected chi connectivity index (χ4v) is 1.12. The zero-order valence-corrected chi connectivity index (χ0v) is 7.38. The molecule has 0 spiro atoms. The van der Waals surface area contributed by atoms with E-state index in [0.29, 0.717) is 0 Å². The van der Waals surface area contributed by atoms with E-state index in [4.69, 9.17) is 10.5 Å². The molecule has 1 aliphatic heterocycles. The average molecular weight is 212 g/mol. The molecular formula is C7H11F3N2O2. The van der Waals surface area contributed by atoms with Gasteiger partial charge in [0.25, 0.3) is 0 Å². The molecule has 82 valence electrons. The minimum absolute atomic E-state index is 0.169. The molecule has 1 atom stereocenters. The van der Waals surface area contributed by atoms with Gasteiger partial charge in [0.1, 0.15) is 0 Å². The fourth-order valence-electron chi connectivity index (χ4n) is 1.12. The number of alkyl halides is 3. The highest BCUT2D eigenvalue weighted by Crippen LogP contribution is 2.20. The second kappa shape index (κ2) is 4.14. The van der Waals surface area contributed by atoms with E-state index >= 15 is 0 Å². The molecule has 1 rings (SSSR count). The van der Waals surface area contributed by atoms with Gasteiger partial charge >= 0.3 is 6.18 Å². The van der Waals surface area contributed by atoms with Crippen LogP contribution in [0, 0.1) is 0 Å². The third-order valence-electron chi connectivity index (χ3n) is 1.94. The van der Waals surface area contributed by atoms with Crippen LogP contribution >= 0.6 is 0 Å². The van der Waals surface area contributed by atoms with E-state index in [1.807, 2.05) is 0 Å².